The van der Waals surface area contributed by atoms with E-state index in [0.717, 1.165) is 12.1 Å². The Morgan fingerprint density at radius 2 is 2.18 bits per heavy atom. The molecule has 0 aliphatic rings. The molecule has 3 N–H and O–H groups in total. The van der Waals surface area contributed by atoms with Gasteiger partial charge in [0.25, 0.3) is 0 Å². The molecule has 1 aromatic rings. The normalized spacial score (nSPS) is 14.4. The highest BCUT2D eigenvalue weighted by molar-refractivity contribution is 5.36. The molecule has 0 spiro atoms. The van der Waals surface area contributed by atoms with Crippen LogP contribution >= 0.6 is 0 Å². The third-order valence-electron chi connectivity index (χ3n) is 2.29. The van der Waals surface area contributed by atoms with Crippen LogP contribution in [0.25, 0.3) is 0 Å². The lowest BCUT2D eigenvalue weighted by molar-refractivity contribution is -0.387. The van der Waals surface area contributed by atoms with Gasteiger partial charge in [0.1, 0.15) is 6.10 Å². The van der Waals surface area contributed by atoms with Crippen molar-refractivity contribution in [3.8, 4) is 0 Å². The van der Waals surface area contributed by atoms with E-state index in [1.54, 1.807) is 7.05 Å². The van der Waals surface area contributed by atoms with Gasteiger partial charge < -0.3 is 15.5 Å². The highest BCUT2D eigenvalue weighted by Gasteiger charge is 2.21. The van der Waals surface area contributed by atoms with Gasteiger partial charge in [-0.2, -0.15) is 4.39 Å². The minimum absolute atomic E-state index is 0.0934. The molecule has 1 aromatic carbocycles. The lowest BCUT2D eigenvalue weighted by atomic mass is 10.0. The quantitative estimate of drug-likeness (QED) is 0.513. The molecule has 0 bridgehead atoms. The van der Waals surface area contributed by atoms with Crippen LogP contribution in [-0.4, -0.2) is 34.8 Å². The molecular weight excluding hydrogens is 231 g/mol. The first-order valence-corrected chi connectivity index (χ1v) is 4.92. The van der Waals surface area contributed by atoms with Crippen LogP contribution in [0.1, 0.15) is 11.7 Å². The molecule has 0 radical (unpaired) electrons. The van der Waals surface area contributed by atoms with E-state index in [4.69, 9.17) is 0 Å². The summed E-state index contributed by atoms with van der Waals surface area (Å²) in [6, 6.07) is 3.02. The van der Waals surface area contributed by atoms with Crippen molar-refractivity contribution < 1.29 is 19.5 Å². The monoisotopic (exact) mass is 244 g/mol. The Balaban J connectivity index is 2.93. The largest absolute Gasteiger partial charge is 0.389 e. The first-order valence-electron chi connectivity index (χ1n) is 4.92. The molecule has 1 rings (SSSR count). The summed E-state index contributed by atoms with van der Waals surface area (Å²) >= 11 is 0. The van der Waals surface area contributed by atoms with E-state index in [1.165, 1.54) is 6.07 Å². The van der Waals surface area contributed by atoms with Gasteiger partial charge in [-0.15, -0.1) is 0 Å². The zero-order chi connectivity index (χ0) is 13.0. The van der Waals surface area contributed by atoms with Crippen molar-refractivity contribution in [2.24, 2.45) is 0 Å². The summed E-state index contributed by atoms with van der Waals surface area (Å²) < 4.78 is 13.3. The molecular formula is C10H13FN2O4. The Morgan fingerprint density at radius 1 is 1.53 bits per heavy atom. The second kappa shape index (κ2) is 5.67. The maximum atomic E-state index is 13.3. The van der Waals surface area contributed by atoms with E-state index < -0.39 is 28.6 Å². The van der Waals surface area contributed by atoms with Crippen molar-refractivity contribution in [1.82, 2.24) is 5.32 Å². The van der Waals surface area contributed by atoms with E-state index in [2.05, 4.69) is 5.32 Å². The van der Waals surface area contributed by atoms with Crippen molar-refractivity contribution in [2.75, 3.05) is 13.6 Å². The molecule has 0 aliphatic heterocycles. The Bertz CT molecular complexity index is 413. The van der Waals surface area contributed by atoms with Gasteiger partial charge in [0.2, 0.25) is 5.82 Å². The van der Waals surface area contributed by atoms with Gasteiger partial charge in [-0.3, -0.25) is 10.1 Å². The second-order valence-corrected chi connectivity index (χ2v) is 3.54. The van der Waals surface area contributed by atoms with Crippen LogP contribution in [0, 0.1) is 15.9 Å². The second-order valence-electron chi connectivity index (χ2n) is 3.54. The van der Waals surface area contributed by atoms with Gasteiger partial charge in [-0.05, 0) is 24.7 Å². The Labute approximate surface area is 96.8 Å². The van der Waals surface area contributed by atoms with Gasteiger partial charge >= 0.3 is 5.69 Å². The molecule has 0 aromatic heterocycles. The number of aliphatic hydroxyl groups excluding tert-OH is 2. The number of hydrogen-bond acceptors (Lipinski definition) is 5. The zero-order valence-corrected chi connectivity index (χ0v) is 9.13. The van der Waals surface area contributed by atoms with Crippen LogP contribution in [0.5, 0.6) is 0 Å². The number of nitrogens with zero attached hydrogens (tertiary/aromatic N) is 1. The van der Waals surface area contributed by atoms with Gasteiger partial charge in [0, 0.05) is 12.6 Å². The van der Waals surface area contributed by atoms with Crippen LogP contribution < -0.4 is 5.32 Å². The summed E-state index contributed by atoms with van der Waals surface area (Å²) in [6.07, 6.45) is -2.40. The fraction of sp³-hybridized carbons (Fsp3) is 0.400. The van der Waals surface area contributed by atoms with Crippen molar-refractivity contribution >= 4 is 5.69 Å². The molecule has 0 amide bonds. The van der Waals surface area contributed by atoms with Crippen LogP contribution in [-0.2, 0) is 0 Å². The van der Waals surface area contributed by atoms with Crippen LogP contribution in [0.15, 0.2) is 18.2 Å². The number of nitrogens with one attached hydrogen (secondary N) is 1. The predicted octanol–water partition coefficient (Wildman–Crippen LogP) is 0.348. The Kier molecular flexibility index (Phi) is 4.50. The lowest BCUT2D eigenvalue weighted by Gasteiger charge is -2.17. The van der Waals surface area contributed by atoms with Crippen molar-refractivity contribution in [1.29, 1.82) is 0 Å². The Hall–Kier alpha value is -1.57. The third-order valence-corrected chi connectivity index (χ3v) is 2.29. The standard InChI is InChI=1S/C10H13FN2O4/c1-12-5-9(14)10(15)6-2-3-8(13(16)17)7(11)4-6/h2-4,9-10,12,14-15H,5H2,1H3. The smallest absolute Gasteiger partial charge is 0.304 e. The Morgan fingerprint density at radius 3 is 2.65 bits per heavy atom. The molecule has 17 heavy (non-hydrogen) atoms. The molecule has 7 heteroatoms. The van der Waals surface area contributed by atoms with Gasteiger partial charge in [0.05, 0.1) is 11.0 Å². The molecule has 0 saturated carbocycles. The average Bonchev–Trinajstić information content (AvgIpc) is 2.27. The molecule has 2 unspecified atom stereocenters. The van der Waals surface area contributed by atoms with E-state index >= 15 is 0 Å². The SMILES string of the molecule is CNCC(O)C(O)c1ccc([N+](=O)[O-])c(F)c1. The molecule has 94 valence electrons. The number of aliphatic hydroxyl groups is 2. The summed E-state index contributed by atoms with van der Waals surface area (Å²) in [5.41, 5.74) is -0.570. The maximum Gasteiger partial charge on any atom is 0.304 e. The third kappa shape index (κ3) is 3.19. The first-order chi connectivity index (χ1) is 7.97. The molecule has 0 saturated heterocycles. The van der Waals surface area contributed by atoms with E-state index in [-0.39, 0.29) is 12.1 Å². The molecule has 0 aliphatic carbocycles. The summed E-state index contributed by atoms with van der Waals surface area (Å²) in [5.74, 6) is -1.04. The van der Waals surface area contributed by atoms with Crippen molar-refractivity contribution in [2.45, 2.75) is 12.2 Å². The minimum Gasteiger partial charge on any atom is -0.389 e. The van der Waals surface area contributed by atoms with Crippen LogP contribution in [0.4, 0.5) is 10.1 Å². The first kappa shape index (κ1) is 13.5. The number of hydrogen-bond donors (Lipinski definition) is 3. The minimum atomic E-state index is -1.29. The molecule has 0 fully saturated rings. The van der Waals surface area contributed by atoms with Gasteiger partial charge in [-0.25, -0.2) is 0 Å². The average molecular weight is 244 g/mol. The van der Waals surface area contributed by atoms with Gasteiger partial charge in [-0.1, -0.05) is 0 Å². The molecule has 6 nitrogen and oxygen atoms in total. The highest BCUT2D eigenvalue weighted by Crippen LogP contribution is 2.23. The predicted molar refractivity (Wildman–Crippen MR) is 57.9 cm³/mol. The topological polar surface area (TPSA) is 95.6 Å². The van der Waals surface area contributed by atoms with Crippen molar-refractivity contribution in [3.05, 3.63) is 39.7 Å². The van der Waals surface area contributed by atoms with Crippen molar-refractivity contribution in [3.63, 3.8) is 0 Å². The summed E-state index contributed by atoms with van der Waals surface area (Å²) in [7, 11) is 1.59. The number of nitro benzene ring substituents is 1. The molecule has 2 atom stereocenters. The fourth-order valence-corrected chi connectivity index (χ4v) is 1.40. The molecule has 0 heterocycles. The van der Waals surface area contributed by atoms with E-state index in [9.17, 15) is 24.7 Å². The number of rotatable bonds is 5. The lowest BCUT2D eigenvalue weighted by Crippen LogP contribution is -2.29. The summed E-state index contributed by atoms with van der Waals surface area (Å²) in [5, 5.41) is 32.2. The fourth-order valence-electron chi connectivity index (χ4n) is 1.40. The number of benzene rings is 1. The van der Waals surface area contributed by atoms with Crippen LogP contribution in [0.3, 0.4) is 0 Å². The number of nitro groups is 1. The maximum absolute atomic E-state index is 13.3. The number of likely N-dealkylation sites (N-methyl/N-ethyl adjacent to an activating group) is 1. The summed E-state index contributed by atoms with van der Waals surface area (Å²) in [4.78, 5) is 9.53. The van der Waals surface area contributed by atoms with E-state index in [1.807, 2.05) is 0 Å². The number of halogens is 1. The zero-order valence-electron chi connectivity index (χ0n) is 9.13. The van der Waals surface area contributed by atoms with E-state index in [0.29, 0.717) is 0 Å². The summed E-state index contributed by atoms with van der Waals surface area (Å²) in [6.45, 7) is 0.125. The van der Waals surface area contributed by atoms with Gasteiger partial charge in [0.15, 0.2) is 0 Å². The highest BCUT2D eigenvalue weighted by atomic mass is 19.1. The van der Waals surface area contributed by atoms with Crippen LogP contribution in [0.2, 0.25) is 0 Å².